The SMILES string of the molecule is Clc1ccccc1C(CNC1CC1)OCC1CCOC1. The molecule has 1 aromatic carbocycles. The maximum atomic E-state index is 6.31. The summed E-state index contributed by atoms with van der Waals surface area (Å²) in [4.78, 5) is 0. The lowest BCUT2D eigenvalue weighted by molar-refractivity contribution is 0.0252. The molecular weight excluding hydrogens is 274 g/mol. The highest BCUT2D eigenvalue weighted by molar-refractivity contribution is 6.31. The van der Waals surface area contributed by atoms with Gasteiger partial charge in [0.2, 0.25) is 0 Å². The van der Waals surface area contributed by atoms with Gasteiger partial charge in [0.1, 0.15) is 0 Å². The van der Waals surface area contributed by atoms with Crippen molar-refractivity contribution in [1.82, 2.24) is 5.32 Å². The second-order valence-corrected chi connectivity index (χ2v) is 6.16. The molecule has 2 fully saturated rings. The number of benzene rings is 1. The van der Waals surface area contributed by atoms with E-state index in [1.165, 1.54) is 12.8 Å². The topological polar surface area (TPSA) is 30.5 Å². The molecule has 0 radical (unpaired) electrons. The third-order valence-electron chi connectivity index (χ3n) is 3.98. The Kier molecular flexibility index (Phi) is 4.94. The van der Waals surface area contributed by atoms with Gasteiger partial charge >= 0.3 is 0 Å². The van der Waals surface area contributed by atoms with Gasteiger partial charge in [0.25, 0.3) is 0 Å². The molecule has 3 nitrogen and oxygen atoms in total. The van der Waals surface area contributed by atoms with Crippen LogP contribution in [0.25, 0.3) is 0 Å². The van der Waals surface area contributed by atoms with Gasteiger partial charge in [-0.1, -0.05) is 29.8 Å². The van der Waals surface area contributed by atoms with Crippen LogP contribution in [0.5, 0.6) is 0 Å². The molecule has 1 saturated carbocycles. The van der Waals surface area contributed by atoms with Crippen LogP contribution in [0.3, 0.4) is 0 Å². The molecule has 0 amide bonds. The monoisotopic (exact) mass is 295 g/mol. The van der Waals surface area contributed by atoms with Gasteiger partial charge in [0.15, 0.2) is 0 Å². The summed E-state index contributed by atoms with van der Waals surface area (Å²) < 4.78 is 11.5. The van der Waals surface area contributed by atoms with Crippen LogP contribution in [-0.4, -0.2) is 32.4 Å². The summed E-state index contributed by atoms with van der Waals surface area (Å²) in [5.74, 6) is 0.529. The minimum absolute atomic E-state index is 0.0323. The van der Waals surface area contributed by atoms with E-state index in [-0.39, 0.29) is 6.10 Å². The zero-order valence-corrected chi connectivity index (χ0v) is 12.4. The van der Waals surface area contributed by atoms with E-state index in [0.717, 1.165) is 43.4 Å². The van der Waals surface area contributed by atoms with Gasteiger partial charge in [-0.15, -0.1) is 0 Å². The molecule has 2 atom stereocenters. The molecule has 1 aliphatic heterocycles. The lowest BCUT2D eigenvalue weighted by Gasteiger charge is -2.21. The first-order valence-electron chi connectivity index (χ1n) is 7.50. The summed E-state index contributed by atoms with van der Waals surface area (Å²) in [6.45, 7) is 3.28. The average molecular weight is 296 g/mol. The molecular formula is C16H22ClNO2. The standard InChI is InChI=1S/C16H22ClNO2/c17-15-4-2-1-3-14(15)16(9-18-13-5-6-13)20-11-12-7-8-19-10-12/h1-4,12-13,16,18H,5-11H2. The molecule has 2 aliphatic rings. The van der Waals surface area contributed by atoms with Crippen molar-refractivity contribution in [2.24, 2.45) is 5.92 Å². The summed E-state index contributed by atoms with van der Waals surface area (Å²) in [6.07, 6.45) is 3.70. The van der Waals surface area contributed by atoms with E-state index in [0.29, 0.717) is 12.0 Å². The summed E-state index contributed by atoms with van der Waals surface area (Å²) in [6, 6.07) is 8.66. The van der Waals surface area contributed by atoms with Crippen LogP contribution in [0.1, 0.15) is 30.9 Å². The van der Waals surface area contributed by atoms with Crippen LogP contribution in [0, 0.1) is 5.92 Å². The first-order chi connectivity index (χ1) is 9.83. The lowest BCUT2D eigenvalue weighted by atomic mass is 10.1. The van der Waals surface area contributed by atoms with Crippen molar-refractivity contribution in [3.63, 3.8) is 0 Å². The quantitative estimate of drug-likeness (QED) is 0.838. The Morgan fingerprint density at radius 1 is 1.30 bits per heavy atom. The van der Waals surface area contributed by atoms with Crippen molar-refractivity contribution in [2.75, 3.05) is 26.4 Å². The van der Waals surface area contributed by atoms with Crippen LogP contribution in [-0.2, 0) is 9.47 Å². The molecule has 3 rings (SSSR count). The van der Waals surface area contributed by atoms with E-state index >= 15 is 0 Å². The molecule has 0 aromatic heterocycles. The molecule has 0 spiro atoms. The summed E-state index contributed by atoms with van der Waals surface area (Å²) >= 11 is 6.31. The largest absolute Gasteiger partial charge is 0.381 e. The van der Waals surface area contributed by atoms with E-state index in [4.69, 9.17) is 21.1 Å². The first-order valence-corrected chi connectivity index (χ1v) is 7.88. The van der Waals surface area contributed by atoms with E-state index in [1.54, 1.807) is 0 Å². The van der Waals surface area contributed by atoms with Gasteiger partial charge < -0.3 is 14.8 Å². The van der Waals surface area contributed by atoms with Crippen LogP contribution >= 0.6 is 11.6 Å². The first kappa shape index (κ1) is 14.3. The molecule has 1 saturated heterocycles. The fraction of sp³-hybridized carbons (Fsp3) is 0.625. The summed E-state index contributed by atoms with van der Waals surface area (Å²) in [5, 5.41) is 4.33. The number of halogens is 1. The van der Waals surface area contributed by atoms with Crippen molar-refractivity contribution < 1.29 is 9.47 Å². The van der Waals surface area contributed by atoms with E-state index in [9.17, 15) is 0 Å². The number of hydrogen-bond donors (Lipinski definition) is 1. The van der Waals surface area contributed by atoms with Gasteiger partial charge in [-0.25, -0.2) is 0 Å². The number of ether oxygens (including phenoxy) is 2. The Labute approximate surface area is 125 Å². The number of hydrogen-bond acceptors (Lipinski definition) is 3. The zero-order chi connectivity index (χ0) is 13.8. The van der Waals surface area contributed by atoms with Gasteiger partial charge in [0, 0.05) is 35.7 Å². The molecule has 4 heteroatoms. The van der Waals surface area contributed by atoms with Crippen LogP contribution in [0.15, 0.2) is 24.3 Å². The second-order valence-electron chi connectivity index (χ2n) is 5.76. The normalized spacial score (nSPS) is 23.9. The lowest BCUT2D eigenvalue weighted by Crippen LogP contribution is -2.27. The highest BCUT2D eigenvalue weighted by Crippen LogP contribution is 2.28. The molecule has 20 heavy (non-hydrogen) atoms. The molecule has 2 unspecified atom stereocenters. The van der Waals surface area contributed by atoms with Crippen LogP contribution < -0.4 is 5.32 Å². The second kappa shape index (κ2) is 6.90. The van der Waals surface area contributed by atoms with Gasteiger partial charge in [0.05, 0.1) is 19.3 Å². The minimum Gasteiger partial charge on any atom is -0.381 e. The molecule has 1 heterocycles. The molecule has 1 aromatic rings. The van der Waals surface area contributed by atoms with Crippen molar-refractivity contribution in [3.8, 4) is 0 Å². The molecule has 0 bridgehead atoms. The maximum absolute atomic E-state index is 6.31. The molecule has 110 valence electrons. The Hall–Kier alpha value is -0.610. The predicted molar refractivity (Wildman–Crippen MR) is 80.1 cm³/mol. The van der Waals surface area contributed by atoms with Crippen molar-refractivity contribution in [2.45, 2.75) is 31.4 Å². The van der Waals surface area contributed by atoms with Crippen molar-refractivity contribution in [3.05, 3.63) is 34.9 Å². The average Bonchev–Trinajstić information content (AvgIpc) is 3.14. The third kappa shape index (κ3) is 3.95. The van der Waals surface area contributed by atoms with Crippen molar-refractivity contribution in [1.29, 1.82) is 0 Å². The third-order valence-corrected chi connectivity index (χ3v) is 4.32. The Morgan fingerprint density at radius 3 is 2.85 bits per heavy atom. The van der Waals surface area contributed by atoms with Crippen LogP contribution in [0.2, 0.25) is 5.02 Å². The van der Waals surface area contributed by atoms with E-state index < -0.39 is 0 Å². The summed E-state index contributed by atoms with van der Waals surface area (Å²) in [5.41, 5.74) is 1.08. The fourth-order valence-corrected chi connectivity index (χ4v) is 2.78. The number of nitrogens with one attached hydrogen (secondary N) is 1. The van der Waals surface area contributed by atoms with E-state index in [2.05, 4.69) is 11.4 Å². The molecule has 1 N–H and O–H groups in total. The van der Waals surface area contributed by atoms with Gasteiger partial charge in [-0.3, -0.25) is 0 Å². The fourth-order valence-electron chi connectivity index (χ4n) is 2.52. The molecule has 1 aliphatic carbocycles. The Bertz CT molecular complexity index is 430. The van der Waals surface area contributed by atoms with Gasteiger partial charge in [-0.2, -0.15) is 0 Å². The van der Waals surface area contributed by atoms with Gasteiger partial charge in [-0.05, 0) is 25.3 Å². The Morgan fingerprint density at radius 2 is 2.15 bits per heavy atom. The number of rotatable bonds is 7. The highest BCUT2D eigenvalue weighted by atomic mass is 35.5. The van der Waals surface area contributed by atoms with Crippen molar-refractivity contribution >= 4 is 11.6 Å². The van der Waals surface area contributed by atoms with Crippen LogP contribution in [0.4, 0.5) is 0 Å². The Balaban J connectivity index is 1.60. The van der Waals surface area contributed by atoms with E-state index in [1.807, 2.05) is 18.2 Å². The highest BCUT2D eigenvalue weighted by Gasteiger charge is 2.25. The minimum atomic E-state index is 0.0323. The predicted octanol–water partition coefficient (Wildman–Crippen LogP) is 3.19. The zero-order valence-electron chi connectivity index (χ0n) is 11.7. The smallest absolute Gasteiger partial charge is 0.0963 e. The summed E-state index contributed by atoms with van der Waals surface area (Å²) in [7, 11) is 0. The maximum Gasteiger partial charge on any atom is 0.0963 e.